The highest BCUT2D eigenvalue weighted by Crippen LogP contribution is 2.22. The van der Waals surface area contributed by atoms with Crippen LogP contribution >= 0.6 is 0 Å². The first-order valence-corrected chi connectivity index (χ1v) is 8.96. The monoisotopic (exact) mass is 428 g/mol. The molecule has 0 aliphatic heterocycles. The van der Waals surface area contributed by atoms with Gasteiger partial charge in [-0.2, -0.15) is 13.2 Å². The SMILES string of the molecule is CC(C)C(=O)Cc1nccc(C(=O)NC(C)c2cnc(OCC(F)(F)F)c(F)c2)n1. The van der Waals surface area contributed by atoms with Gasteiger partial charge in [0.2, 0.25) is 0 Å². The molecule has 2 aromatic rings. The van der Waals surface area contributed by atoms with Crippen molar-refractivity contribution in [2.45, 2.75) is 39.4 Å². The third kappa shape index (κ3) is 6.75. The lowest BCUT2D eigenvalue weighted by Crippen LogP contribution is -2.28. The molecule has 0 spiro atoms. The minimum atomic E-state index is -4.62. The van der Waals surface area contributed by atoms with Gasteiger partial charge in [0.1, 0.15) is 17.3 Å². The number of rotatable bonds is 8. The molecule has 0 aliphatic rings. The number of ether oxygens (including phenoxy) is 1. The first kappa shape index (κ1) is 23.2. The van der Waals surface area contributed by atoms with E-state index in [0.717, 1.165) is 12.3 Å². The Labute approximate surface area is 169 Å². The molecule has 0 radical (unpaired) electrons. The molecule has 0 saturated heterocycles. The zero-order valence-electron chi connectivity index (χ0n) is 16.5. The van der Waals surface area contributed by atoms with E-state index in [-0.39, 0.29) is 35.2 Å². The molecule has 1 atom stereocenters. The first-order chi connectivity index (χ1) is 14.0. The maximum atomic E-state index is 14.0. The Balaban J connectivity index is 2.05. The van der Waals surface area contributed by atoms with E-state index < -0.39 is 36.4 Å². The summed E-state index contributed by atoms with van der Waals surface area (Å²) in [6, 6.07) is 1.56. The van der Waals surface area contributed by atoms with E-state index in [4.69, 9.17) is 0 Å². The maximum Gasteiger partial charge on any atom is 0.422 e. The van der Waals surface area contributed by atoms with Crippen LogP contribution in [0.3, 0.4) is 0 Å². The predicted octanol–water partition coefficient (Wildman–Crippen LogP) is 3.21. The second-order valence-electron chi connectivity index (χ2n) is 6.81. The molecule has 0 fully saturated rings. The van der Waals surface area contributed by atoms with Gasteiger partial charge in [-0.25, -0.2) is 19.3 Å². The van der Waals surface area contributed by atoms with Gasteiger partial charge in [0.15, 0.2) is 12.4 Å². The average Bonchev–Trinajstić information content (AvgIpc) is 2.66. The largest absolute Gasteiger partial charge is 0.466 e. The summed E-state index contributed by atoms with van der Waals surface area (Å²) in [5, 5.41) is 2.58. The zero-order valence-corrected chi connectivity index (χ0v) is 16.5. The fraction of sp³-hybridized carbons (Fsp3) is 0.421. The van der Waals surface area contributed by atoms with E-state index in [9.17, 15) is 27.2 Å². The summed E-state index contributed by atoms with van der Waals surface area (Å²) in [5.41, 5.74) is 0.228. The number of pyridine rings is 1. The van der Waals surface area contributed by atoms with Gasteiger partial charge >= 0.3 is 6.18 Å². The van der Waals surface area contributed by atoms with Crippen molar-refractivity contribution in [3.8, 4) is 5.88 Å². The Hall–Kier alpha value is -3.11. The number of hydrogen-bond donors (Lipinski definition) is 1. The Bertz CT molecular complexity index is 919. The Morgan fingerprint density at radius 2 is 1.90 bits per heavy atom. The number of alkyl halides is 3. The normalized spacial score (nSPS) is 12.5. The maximum absolute atomic E-state index is 14.0. The third-order valence-corrected chi connectivity index (χ3v) is 3.96. The molecular weight excluding hydrogens is 408 g/mol. The number of amides is 1. The smallest absolute Gasteiger partial charge is 0.422 e. The minimum absolute atomic E-state index is 0.0111. The van der Waals surface area contributed by atoms with Crippen LogP contribution in [0.2, 0.25) is 0 Å². The van der Waals surface area contributed by atoms with Crippen molar-refractivity contribution in [1.82, 2.24) is 20.3 Å². The van der Waals surface area contributed by atoms with Crippen molar-refractivity contribution in [3.63, 3.8) is 0 Å². The Morgan fingerprint density at radius 3 is 2.50 bits per heavy atom. The predicted molar refractivity (Wildman–Crippen MR) is 97.2 cm³/mol. The summed E-state index contributed by atoms with van der Waals surface area (Å²) in [5.74, 6) is -2.54. The fourth-order valence-corrected chi connectivity index (χ4v) is 2.26. The lowest BCUT2D eigenvalue weighted by Gasteiger charge is -2.15. The van der Waals surface area contributed by atoms with Crippen molar-refractivity contribution in [3.05, 3.63) is 47.4 Å². The summed E-state index contributed by atoms with van der Waals surface area (Å²) < 4.78 is 54.8. The Kier molecular flexibility index (Phi) is 7.41. The number of carbonyl (C=O) groups excluding carboxylic acids is 2. The van der Waals surface area contributed by atoms with Gasteiger partial charge in [0.25, 0.3) is 11.8 Å². The van der Waals surface area contributed by atoms with Gasteiger partial charge in [-0.15, -0.1) is 0 Å². The number of carbonyl (C=O) groups is 2. The van der Waals surface area contributed by atoms with Crippen molar-refractivity contribution in [2.75, 3.05) is 6.61 Å². The van der Waals surface area contributed by atoms with Gasteiger partial charge in [0.05, 0.1) is 12.5 Å². The molecular formula is C19H20F4N4O3. The zero-order chi connectivity index (χ0) is 22.5. The number of aromatic nitrogens is 3. The molecule has 11 heteroatoms. The highest BCUT2D eigenvalue weighted by Gasteiger charge is 2.29. The van der Waals surface area contributed by atoms with E-state index in [1.54, 1.807) is 13.8 Å². The van der Waals surface area contributed by atoms with Crippen molar-refractivity contribution in [1.29, 1.82) is 0 Å². The number of halogens is 4. The molecule has 2 aromatic heterocycles. The highest BCUT2D eigenvalue weighted by atomic mass is 19.4. The van der Waals surface area contributed by atoms with Crippen LogP contribution in [0.25, 0.3) is 0 Å². The number of hydrogen-bond acceptors (Lipinski definition) is 6. The molecule has 2 heterocycles. The van der Waals surface area contributed by atoms with Crippen LogP contribution in [0.5, 0.6) is 5.88 Å². The summed E-state index contributed by atoms with van der Waals surface area (Å²) in [6.07, 6.45) is -2.18. The molecule has 0 bridgehead atoms. The van der Waals surface area contributed by atoms with Crippen LogP contribution in [0.15, 0.2) is 24.5 Å². The van der Waals surface area contributed by atoms with E-state index in [1.165, 1.54) is 19.2 Å². The van der Waals surface area contributed by atoms with Crippen LogP contribution in [-0.4, -0.2) is 39.4 Å². The third-order valence-electron chi connectivity index (χ3n) is 3.96. The van der Waals surface area contributed by atoms with Gasteiger partial charge in [0, 0.05) is 18.3 Å². The van der Waals surface area contributed by atoms with Crippen LogP contribution in [0.1, 0.15) is 48.7 Å². The number of Topliss-reactive ketones (excluding diaryl/α,β-unsaturated/α-hetero) is 1. The molecule has 1 amide bonds. The summed E-state index contributed by atoms with van der Waals surface area (Å²) in [6.45, 7) is 3.35. The molecule has 7 nitrogen and oxygen atoms in total. The van der Waals surface area contributed by atoms with Gasteiger partial charge < -0.3 is 10.1 Å². The fourth-order valence-electron chi connectivity index (χ4n) is 2.26. The molecule has 0 aliphatic carbocycles. The number of ketones is 1. The van der Waals surface area contributed by atoms with Gasteiger partial charge in [-0.1, -0.05) is 13.8 Å². The highest BCUT2D eigenvalue weighted by molar-refractivity contribution is 5.92. The number of nitrogens with zero attached hydrogens (tertiary/aromatic N) is 3. The molecule has 1 N–H and O–H groups in total. The van der Waals surface area contributed by atoms with Crippen LogP contribution in [0.4, 0.5) is 17.6 Å². The lowest BCUT2D eigenvalue weighted by molar-refractivity contribution is -0.154. The van der Waals surface area contributed by atoms with Crippen molar-refractivity contribution < 1.29 is 31.9 Å². The van der Waals surface area contributed by atoms with Gasteiger partial charge in [-0.05, 0) is 24.6 Å². The van der Waals surface area contributed by atoms with Crippen molar-refractivity contribution in [2.24, 2.45) is 5.92 Å². The molecule has 162 valence electrons. The summed E-state index contributed by atoms with van der Waals surface area (Å²) in [4.78, 5) is 35.8. The average molecular weight is 428 g/mol. The van der Waals surface area contributed by atoms with Crippen LogP contribution < -0.4 is 10.1 Å². The standard InChI is InChI=1S/C19H20F4N4O3/c1-10(2)15(28)7-16-24-5-4-14(27-16)17(29)26-11(3)12-6-13(20)18(25-8-12)30-9-19(21,22)23/h4-6,8,10-11H,7,9H2,1-3H3,(H,26,29). The van der Waals surface area contributed by atoms with E-state index in [0.29, 0.717) is 0 Å². The van der Waals surface area contributed by atoms with Crippen molar-refractivity contribution >= 4 is 11.7 Å². The first-order valence-electron chi connectivity index (χ1n) is 8.96. The quantitative estimate of drug-likeness (QED) is 0.649. The van der Waals surface area contributed by atoms with E-state index >= 15 is 0 Å². The minimum Gasteiger partial charge on any atom is -0.466 e. The second-order valence-corrected chi connectivity index (χ2v) is 6.81. The molecule has 30 heavy (non-hydrogen) atoms. The van der Waals surface area contributed by atoms with Crippen LogP contribution in [0, 0.1) is 11.7 Å². The molecule has 1 unspecified atom stereocenters. The topological polar surface area (TPSA) is 94.1 Å². The van der Waals surface area contributed by atoms with E-state index in [2.05, 4.69) is 25.0 Å². The number of nitrogens with one attached hydrogen (secondary N) is 1. The van der Waals surface area contributed by atoms with E-state index in [1.807, 2.05) is 0 Å². The lowest BCUT2D eigenvalue weighted by atomic mass is 10.1. The van der Waals surface area contributed by atoms with Gasteiger partial charge in [-0.3, -0.25) is 9.59 Å². The summed E-state index contributed by atoms with van der Waals surface area (Å²) >= 11 is 0. The van der Waals surface area contributed by atoms with Crippen LogP contribution in [-0.2, 0) is 11.2 Å². The molecule has 0 saturated carbocycles. The molecule has 0 aromatic carbocycles. The Morgan fingerprint density at radius 1 is 1.20 bits per heavy atom. The second kappa shape index (κ2) is 9.59. The summed E-state index contributed by atoms with van der Waals surface area (Å²) in [7, 11) is 0. The molecule has 2 rings (SSSR count).